The smallest absolute Gasteiger partial charge is 0.258 e. The lowest BCUT2D eigenvalue weighted by Crippen LogP contribution is -2.52. The lowest BCUT2D eigenvalue weighted by Gasteiger charge is -2.17. The summed E-state index contributed by atoms with van der Waals surface area (Å²) in [4.78, 5) is 19.1. The van der Waals surface area contributed by atoms with Gasteiger partial charge in [0.25, 0.3) is 0 Å². The van der Waals surface area contributed by atoms with Gasteiger partial charge < -0.3 is 0 Å². The Morgan fingerprint density at radius 1 is 1.23 bits per heavy atom. The van der Waals surface area contributed by atoms with Gasteiger partial charge in [0, 0.05) is 0 Å². The summed E-state index contributed by atoms with van der Waals surface area (Å²) in [6, 6.07) is 0. The van der Waals surface area contributed by atoms with Crippen molar-refractivity contribution in [3.8, 4) is 0 Å². The molecule has 0 aliphatic heterocycles. The fraction of sp³-hybridized carbons (Fsp3) is 0.333. The zero-order chi connectivity index (χ0) is 10.1. The molecule has 70 valence electrons. The molecule has 0 radical (unpaired) electrons. The minimum atomic E-state index is -2.42. The molecular formula is C6H5ClN2O4. The molecule has 1 rings (SSSR count). The molecule has 0 saturated carbocycles. The average molecular weight is 205 g/mol. The second-order valence-electron chi connectivity index (χ2n) is 2.44. The van der Waals surface area contributed by atoms with Gasteiger partial charge in [-0.05, 0) is 0 Å². The van der Waals surface area contributed by atoms with Crippen LogP contribution in [0, 0.1) is 20.2 Å². The van der Waals surface area contributed by atoms with Crippen LogP contribution in [0.2, 0.25) is 0 Å². The molecule has 0 fully saturated rings. The normalized spacial score (nSPS) is 24.2. The monoisotopic (exact) mass is 204 g/mol. The number of alkyl halides is 1. The van der Waals surface area contributed by atoms with Crippen LogP contribution in [0.1, 0.15) is 0 Å². The van der Waals surface area contributed by atoms with Crippen LogP contribution in [0.5, 0.6) is 0 Å². The summed E-state index contributed by atoms with van der Waals surface area (Å²) >= 11 is 5.51. The first kappa shape index (κ1) is 9.66. The van der Waals surface area contributed by atoms with Crippen LogP contribution < -0.4 is 0 Å². The summed E-state index contributed by atoms with van der Waals surface area (Å²) in [6.07, 6.45) is 4.77. The van der Waals surface area contributed by atoms with Crippen LogP contribution in [0.3, 0.4) is 0 Å². The predicted octanol–water partition coefficient (Wildman–Crippen LogP) is 0.969. The van der Waals surface area contributed by atoms with Crippen molar-refractivity contribution in [2.75, 3.05) is 0 Å². The van der Waals surface area contributed by atoms with Gasteiger partial charge in [-0.2, -0.15) is 0 Å². The SMILES string of the molecule is O=[N+]([O-])C1([N+](=O)[O-])C=CC=CC1Cl. The standard InChI is InChI=1S/C6H5ClN2O4/c7-5-3-1-2-4-6(5,8(10)11)9(12)13/h1-5H. The molecule has 0 spiro atoms. The van der Waals surface area contributed by atoms with Crippen LogP contribution >= 0.6 is 11.6 Å². The van der Waals surface area contributed by atoms with E-state index in [0.717, 1.165) is 6.08 Å². The highest BCUT2D eigenvalue weighted by Crippen LogP contribution is 2.27. The topological polar surface area (TPSA) is 86.3 Å². The van der Waals surface area contributed by atoms with Crippen molar-refractivity contribution in [1.29, 1.82) is 0 Å². The van der Waals surface area contributed by atoms with Gasteiger partial charge in [0.05, 0.1) is 6.08 Å². The molecule has 13 heavy (non-hydrogen) atoms. The van der Waals surface area contributed by atoms with Crippen LogP contribution in [-0.2, 0) is 0 Å². The largest absolute Gasteiger partial charge is 0.497 e. The Morgan fingerprint density at radius 3 is 2.08 bits per heavy atom. The lowest BCUT2D eigenvalue weighted by atomic mass is 10.0. The number of nitro groups is 2. The molecule has 0 bridgehead atoms. The number of rotatable bonds is 2. The Morgan fingerprint density at radius 2 is 1.77 bits per heavy atom. The molecule has 0 aromatic heterocycles. The van der Waals surface area contributed by atoms with E-state index in [1.165, 1.54) is 18.2 Å². The van der Waals surface area contributed by atoms with Crippen LogP contribution in [-0.4, -0.2) is 20.9 Å². The van der Waals surface area contributed by atoms with Crippen molar-refractivity contribution in [2.24, 2.45) is 0 Å². The van der Waals surface area contributed by atoms with Crippen molar-refractivity contribution in [3.63, 3.8) is 0 Å². The van der Waals surface area contributed by atoms with E-state index in [1.807, 2.05) is 0 Å². The number of hydrogen-bond donors (Lipinski definition) is 0. The molecule has 1 atom stereocenters. The first-order chi connectivity index (χ1) is 6.01. The van der Waals surface area contributed by atoms with Crippen molar-refractivity contribution in [2.45, 2.75) is 11.0 Å². The van der Waals surface area contributed by atoms with Crippen LogP contribution in [0.4, 0.5) is 0 Å². The molecule has 6 nitrogen and oxygen atoms in total. The Hall–Kier alpha value is -1.43. The minimum absolute atomic E-state index is 0.880. The molecule has 1 aliphatic carbocycles. The van der Waals surface area contributed by atoms with Gasteiger partial charge in [-0.1, -0.05) is 18.2 Å². The van der Waals surface area contributed by atoms with Gasteiger partial charge in [0.2, 0.25) is 0 Å². The second kappa shape index (κ2) is 3.14. The molecule has 1 unspecified atom stereocenters. The maximum Gasteiger partial charge on any atom is 0.497 e. The van der Waals surface area contributed by atoms with Gasteiger partial charge in [-0.3, -0.25) is 20.2 Å². The van der Waals surface area contributed by atoms with Crippen LogP contribution in [0.25, 0.3) is 0 Å². The third-order valence-corrected chi connectivity index (χ3v) is 2.19. The van der Waals surface area contributed by atoms with Gasteiger partial charge in [0.1, 0.15) is 9.85 Å². The molecule has 7 heteroatoms. The fourth-order valence-corrected chi connectivity index (χ4v) is 1.30. The number of halogens is 1. The molecular weight excluding hydrogens is 200 g/mol. The molecule has 0 saturated heterocycles. The summed E-state index contributed by atoms with van der Waals surface area (Å²) in [5.74, 6) is 0. The van der Waals surface area contributed by atoms with E-state index in [1.54, 1.807) is 0 Å². The summed E-state index contributed by atoms with van der Waals surface area (Å²) in [6.45, 7) is 0. The summed E-state index contributed by atoms with van der Waals surface area (Å²) < 4.78 is 0. The van der Waals surface area contributed by atoms with E-state index >= 15 is 0 Å². The molecule has 0 amide bonds. The zero-order valence-corrected chi connectivity index (χ0v) is 7.05. The quantitative estimate of drug-likeness (QED) is 0.290. The van der Waals surface area contributed by atoms with Gasteiger partial charge in [-0.15, -0.1) is 11.6 Å². The average Bonchev–Trinajstić information content (AvgIpc) is 2.04. The third-order valence-electron chi connectivity index (χ3n) is 1.72. The molecule has 0 aromatic rings. The van der Waals surface area contributed by atoms with Crippen LogP contribution in [0.15, 0.2) is 24.3 Å². The van der Waals surface area contributed by atoms with Gasteiger partial charge in [-0.25, -0.2) is 0 Å². The first-order valence-corrected chi connectivity index (χ1v) is 3.74. The molecule has 1 aliphatic rings. The molecule has 0 N–H and O–H groups in total. The lowest BCUT2D eigenvalue weighted by molar-refractivity contribution is -0.778. The maximum atomic E-state index is 10.5. The minimum Gasteiger partial charge on any atom is -0.258 e. The number of hydrogen-bond acceptors (Lipinski definition) is 4. The highest BCUT2D eigenvalue weighted by molar-refractivity contribution is 6.22. The third kappa shape index (κ3) is 1.29. The Bertz CT molecular complexity index is 298. The Kier molecular flexibility index (Phi) is 2.33. The molecule has 0 heterocycles. The van der Waals surface area contributed by atoms with E-state index in [4.69, 9.17) is 11.6 Å². The van der Waals surface area contributed by atoms with Gasteiger partial charge in [0.15, 0.2) is 5.38 Å². The number of nitrogens with zero attached hydrogens (tertiary/aromatic N) is 2. The molecule has 0 aromatic carbocycles. The number of allylic oxidation sites excluding steroid dienone is 2. The fourth-order valence-electron chi connectivity index (χ4n) is 0.982. The van der Waals surface area contributed by atoms with E-state index in [0.29, 0.717) is 0 Å². The van der Waals surface area contributed by atoms with Crippen molar-refractivity contribution >= 4 is 11.6 Å². The van der Waals surface area contributed by atoms with Crippen molar-refractivity contribution in [1.82, 2.24) is 0 Å². The van der Waals surface area contributed by atoms with E-state index in [-0.39, 0.29) is 0 Å². The zero-order valence-electron chi connectivity index (χ0n) is 6.29. The van der Waals surface area contributed by atoms with Gasteiger partial charge >= 0.3 is 5.66 Å². The summed E-state index contributed by atoms with van der Waals surface area (Å²) in [7, 11) is 0. The van der Waals surface area contributed by atoms with E-state index < -0.39 is 20.9 Å². The summed E-state index contributed by atoms with van der Waals surface area (Å²) in [5, 5.41) is 19.8. The highest BCUT2D eigenvalue weighted by atomic mass is 35.5. The maximum absolute atomic E-state index is 10.5. The first-order valence-electron chi connectivity index (χ1n) is 3.31. The predicted molar refractivity (Wildman–Crippen MR) is 44.6 cm³/mol. The van der Waals surface area contributed by atoms with Crippen molar-refractivity contribution < 1.29 is 9.85 Å². The highest BCUT2D eigenvalue weighted by Gasteiger charge is 2.60. The van der Waals surface area contributed by atoms with Crippen molar-refractivity contribution in [3.05, 3.63) is 44.5 Å². The van der Waals surface area contributed by atoms with E-state index in [9.17, 15) is 20.2 Å². The second-order valence-corrected chi connectivity index (χ2v) is 2.91. The Balaban J connectivity index is 3.19. The summed E-state index contributed by atoms with van der Waals surface area (Å²) in [5.41, 5.74) is -2.42. The van der Waals surface area contributed by atoms with E-state index in [2.05, 4.69) is 0 Å². The Labute approximate surface area is 77.8 Å².